The third kappa shape index (κ3) is 1.98. The van der Waals surface area contributed by atoms with Crippen molar-refractivity contribution in [2.45, 2.75) is 24.1 Å². The minimum atomic E-state index is -3.13. The Bertz CT molecular complexity index is 300. The van der Waals surface area contributed by atoms with Crippen molar-refractivity contribution < 1.29 is 8.42 Å². The van der Waals surface area contributed by atoms with Crippen LogP contribution in [0.4, 0.5) is 0 Å². The Hall–Kier alpha value is 0.350. The molecule has 0 aromatic heterocycles. The van der Waals surface area contributed by atoms with Crippen molar-refractivity contribution >= 4 is 26.1 Å². The smallest absolute Gasteiger partial charge is 0.195 e. The lowest BCUT2D eigenvalue weighted by atomic mass is 10.4. The van der Waals surface area contributed by atoms with Gasteiger partial charge in [-0.05, 0) is 19.3 Å². The van der Waals surface area contributed by atoms with Crippen LogP contribution < -0.4 is 0 Å². The molecular formula is C8H15BrN2O2S. The van der Waals surface area contributed by atoms with Gasteiger partial charge in [0.25, 0.3) is 10.2 Å². The molecule has 2 aliphatic rings. The maximum absolute atomic E-state index is 12.0. The highest BCUT2D eigenvalue weighted by atomic mass is 79.9. The molecule has 0 aliphatic carbocycles. The van der Waals surface area contributed by atoms with Crippen LogP contribution >= 0.6 is 15.9 Å². The molecule has 2 rings (SSSR count). The zero-order valence-electron chi connectivity index (χ0n) is 8.02. The van der Waals surface area contributed by atoms with Crippen LogP contribution in [0.1, 0.15) is 19.3 Å². The number of alkyl halides is 1. The molecule has 6 heteroatoms. The average molecular weight is 283 g/mol. The number of halogens is 1. The normalized spacial score (nSPS) is 31.4. The van der Waals surface area contributed by atoms with Gasteiger partial charge < -0.3 is 0 Å². The molecule has 0 amide bonds. The Labute approximate surface area is 93.6 Å². The summed E-state index contributed by atoms with van der Waals surface area (Å²) >= 11 is 3.46. The monoisotopic (exact) mass is 282 g/mol. The van der Waals surface area contributed by atoms with Crippen molar-refractivity contribution in [3.05, 3.63) is 0 Å². The molecule has 2 heterocycles. The molecule has 0 radical (unpaired) electrons. The predicted octanol–water partition coefficient (Wildman–Crippen LogP) is 0.796. The van der Waals surface area contributed by atoms with Crippen LogP contribution in [0.2, 0.25) is 0 Å². The van der Waals surface area contributed by atoms with Crippen LogP contribution in [0, 0.1) is 0 Å². The second-order valence-electron chi connectivity index (χ2n) is 3.86. The molecule has 0 N–H and O–H groups in total. The third-order valence-electron chi connectivity index (χ3n) is 2.81. The molecule has 4 nitrogen and oxygen atoms in total. The molecule has 2 aliphatic heterocycles. The topological polar surface area (TPSA) is 40.6 Å². The molecule has 0 aromatic carbocycles. The molecule has 82 valence electrons. The van der Waals surface area contributed by atoms with Gasteiger partial charge in [-0.3, -0.25) is 0 Å². The standard InChI is InChI=1S/C8H15BrN2O2S/c9-8-3-6-11(7-8)14(12,13)10-4-1-2-5-10/h8H,1-7H2. The van der Waals surface area contributed by atoms with Gasteiger partial charge in [0.05, 0.1) is 0 Å². The van der Waals surface area contributed by atoms with E-state index in [0.717, 1.165) is 19.3 Å². The maximum Gasteiger partial charge on any atom is 0.282 e. The van der Waals surface area contributed by atoms with Gasteiger partial charge in [-0.2, -0.15) is 17.0 Å². The van der Waals surface area contributed by atoms with Gasteiger partial charge in [0.15, 0.2) is 0 Å². The van der Waals surface area contributed by atoms with Gasteiger partial charge in [0, 0.05) is 31.0 Å². The SMILES string of the molecule is O=S(=O)(N1CCCC1)N1CCC(Br)C1. The summed E-state index contributed by atoms with van der Waals surface area (Å²) in [4.78, 5) is 0.333. The fourth-order valence-corrected chi connectivity index (χ4v) is 4.48. The summed E-state index contributed by atoms with van der Waals surface area (Å²) in [6.07, 6.45) is 2.93. The largest absolute Gasteiger partial charge is 0.282 e. The molecule has 0 spiro atoms. The number of nitrogens with zero attached hydrogens (tertiary/aromatic N) is 2. The molecule has 14 heavy (non-hydrogen) atoms. The first-order valence-electron chi connectivity index (χ1n) is 5.00. The Balaban J connectivity index is 2.07. The molecule has 0 aromatic rings. The van der Waals surface area contributed by atoms with Crippen molar-refractivity contribution in [2.75, 3.05) is 26.2 Å². The maximum atomic E-state index is 12.0. The Morgan fingerprint density at radius 3 is 2.21 bits per heavy atom. The lowest BCUT2D eigenvalue weighted by molar-refractivity contribution is 0.398. The Kier molecular flexibility index (Phi) is 3.16. The van der Waals surface area contributed by atoms with E-state index in [1.54, 1.807) is 8.61 Å². The van der Waals surface area contributed by atoms with Gasteiger partial charge in [-0.25, -0.2) is 0 Å². The van der Waals surface area contributed by atoms with Crippen LogP contribution in [0.15, 0.2) is 0 Å². The fourth-order valence-electron chi connectivity index (χ4n) is 1.98. The van der Waals surface area contributed by atoms with Crippen LogP contribution in [-0.4, -0.2) is 48.0 Å². The molecule has 1 unspecified atom stereocenters. The molecule has 2 fully saturated rings. The Morgan fingerprint density at radius 2 is 1.71 bits per heavy atom. The van der Waals surface area contributed by atoms with Crippen molar-refractivity contribution in [3.63, 3.8) is 0 Å². The summed E-state index contributed by atoms with van der Waals surface area (Å²) in [6, 6.07) is 0. The van der Waals surface area contributed by atoms with E-state index in [4.69, 9.17) is 0 Å². The van der Waals surface area contributed by atoms with E-state index in [9.17, 15) is 8.42 Å². The van der Waals surface area contributed by atoms with Crippen LogP contribution in [0.5, 0.6) is 0 Å². The zero-order valence-corrected chi connectivity index (χ0v) is 10.4. The van der Waals surface area contributed by atoms with E-state index < -0.39 is 10.2 Å². The van der Waals surface area contributed by atoms with Gasteiger partial charge in [-0.1, -0.05) is 15.9 Å². The van der Waals surface area contributed by atoms with E-state index >= 15 is 0 Å². The third-order valence-corrected chi connectivity index (χ3v) is 5.56. The van der Waals surface area contributed by atoms with E-state index in [-0.39, 0.29) is 0 Å². The van der Waals surface area contributed by atoms with E-state index in [1.807, 2.05) is 0 Å². The van der Waals surface area contributed by atoms with E-state index in [1.165, 1.54) is 0 Å². The summed E-state index contributed by atoms with van der Waals surface area (Å²) < 4.78 is 27.2. The lowest BCUT2D eigenvalue weighted by Crippen LogP contribution is -2.41. The van der Waals surface area contributed by atoms with Crippen molar-refractivity contribution in [2.24, 2.45) is 0 Å². The predicted molar refractivity (Wildman–Crippen MR) is 58.6 cm³/mol. The number of rotatable bonds is 2. The summed E-state index contributed by atoms with van der Waals surface area (Å²) in [7, 11) is -3.13. The van der Waals surface area contributed by atoms with Gasteiger partial charge in [0.1, 0.15) is 0 Å². The highest BCUT2D eigenvalue weighted by molar-refractivity contribution is 9.09. The Morgan fingerprint density at radius 1 is 1.07 bits per heavy atom. The quantitative estimate of drug-likeness (QED) is 0.703. The first-order valence-corrected chi connectivity index (χ1v) is 7.31. The summed E-state index contributed by atoms with van der Waals surface area (Å²) in [5.41, 5.74) is 0. The molecule has 0 saturated carbocycles. The van der Waals surface area contributed by atoms with Gasteiger partial charge >= 0.3 is 0 Å². The zero-order chi connectivity index (χ0) is 10.2. The van der Waals surface area contributed by atoms with Crippen molar-refractivity contribution in [3.8, 4) is 0 Å². The van der Waals surface area contributed by atoms with Gasteiger partial charge in [0.2, 0.25) is 0 Å². The lowest BCUT2D eigenvalue weighted by Gasteiger charge is -2.22. The van der Waals surface area contributed by atoms with Crippen molar-refractivity contribution in [1.82, 2.24) is 8.61 Å². The average Bonchev–Trinajstić information content (AvgIpc) is 2.72. The fraction of sp³-hybridized carbons (Fsp3) is 1.00. The van der Waals surface area contributed by atoms with Crippen LogP contribution in [0.3, 0.4) is 0 Å². The van der Waals surface area contributed by atoms with Crippen LogP contribution in [-0.2, 0) is 10.2 Å². The first kappa shape index (κ1) is 10.9. The van der Waals surface area contributed by atoms with E-state index in [2.05, 4.69) is 15.9 Å². The van der Waals surface area contributed by atoms with Crippen LogP contribution in [0.25, 0.3) is 0 Å². The second kappa shape index (κ2) is 4.08. The summed E-state index contributed by atoms with van der Waals surface area (Å²) in [5.74, 6) is 0. The molecule has 2 saturated heterocycles. The summed E-state index contributed by atoms with van der Waals surface area (Å²) in [6.45, 7) is 2.69. The van der Waals surface area contributed by atoms with Gasteiger partial charge in [-0.15, -0.1) is 0 Å². The minimum Gasteiger partial charge on any atom is -0.195 e. The molecule has 0 bridgehead atoms. The highest BCUT2D eigenvalue weighted by Crippen LogP contribution is 2.23. The highest BCUT2D eigenvalue weighted by Gasteiger charge is 2.35. The summed E-state index contributed by atoms with van der Waals surface area (Å²) in [5, 5.41) is 0. The minimum absolute atomic E-state index is 0.333. The number of hydrogen-bond acceptors (Lipinski definition) is 2. The molecule has 1 atom stereocenters. The number of hydrogen-bond donors (Lipinski definition) is 0. The van der Waals surface area contributed by atoms with Crippen molar-refractivity contribution in [1.29, 1.82) is 0 Å². The van der Waals surface area contributed by atoms with E-state index in [0.29, 0.717) is 31.0 Å². The first-order chi connectivity index (χ1) is 6.60. The molecular weight excluding hydrogens is 268 g/mol. The second-order valence-corrected chi connectivity index (χ2v) is 7.08.